The van der Waals surface area contributed by atoms with E-state index >= 15 is 0 Å². The van der Waals surface area contributed by atoms with Crippen molar-refractivity contribution in [3.63, 3.8) is 0 Å². The van der Waals surface area contributed by atoms with Crippen molar-refractivity contribution in [3.8, 4) is 0 Å². The zero-order valence-corrected chi connectivity index (χ0v) is 25.6. The van der Waals surface area contributed by atoms with Crippen LogP contribution >= 0.6 is 0 Å². The van der Waals surface area contributed by atoms with Crippen molar-refractivity contribution >= 4 is 37.4 Å². The Labute approximate surface area is 247 Å². The Kier molecular flexibility index (Phi) is 8.34. The van der Waals surface area contributed by atoms with Gasteiger partial charge >= 0.3 is 0 Å². The van der Waals surface area contributed by atoms with E-state index in [4.69, 9.17) is 4.74 Å². The molecule has 4 N–H and O–H groups in total. The van der Waals surface area contributed by atoms with Gasteiger partial charge in [0.05, 0.1) is 37.4 Å². The van der Waals surface area contributed by atoms with E-state index in [1.54, 1.807) is 28.0 Å². The van der Waals surface area contributed by atoms with Gasteiger partial charge < -0.3 is 34.9 Å². The summed E-state index contributed by atoms with van der Waals surface area (Å²) >= 11 is 0. The minimum absolute atomic E-state index is 0.00992. The minimum Gasteiger partial charge on any atom is -0.432 e. The standard InChI is InChI=1S/C31H41N3O7Si/c1-19-28(42(3,4)40)26(16-27(37)33-14-8-11-23(33)18-35)41-31(19)24-15-22(32-29(38)20(2)36)12-13-25(24)34(30(31)39)17-21-9-6-5-7-10-21/h5-7,9-10,12-13,15,19-20,23,26,28,35-36,40H,8,11,14,16-18H2,1-4H3,(H,32,38)/t19-,20-,23-,26+,28-,31+/m0/s1. The van der Waals surface area contributed by atoms with Crippen LogP contribution in [0.5, 0.6) is 0 Å². The Bertz CT molecular complexity index is 1350. The van der Waals surface area contributed by atoms with Gasteiger partial charge in [0.15, 0.2) is 13.9 Å². The molecule has 226 valence electrons. The SMILES string of the molecule is C[C@H](O)C(=O)Nc1ccc2c(c1)[C@@]1(O[C@H](CC(=O)N3CCC[C@H]3CO)[C@@H]([Si](C)(C)O)[C@@H]1C)C(=O)N2Cc1ccccc1. The number of likely N-dealkylation sites (tertiary alicyclic amines) is 1. The van der Waals surface area contributed by atoms with Gasteiger partial charge in [-0.1, -0.05) is 37.3 Å². The quantitative estimate of drug-likeness (QED) is 0.344. The Hall–Kier alpha value is -3.09. The fraction of sp³-hybridized carbons (Fsp3) is 0.516. The maximum absolute atomic E-state index is 14.6. The molecule has 6 atom stereocenters. The average molecular weight is 596 g/mol. The van der Waals surface area contributed by atoms with E-state index in [0.29, 0.717) is 30.0 Å². The number of rotatable bonds is 8. The van der Waals surface area contributed by atoms with Crippen LogP contribution in [0.15, 0.2) is 48.5 Å². The van der Waals surface area contributed by atoms with E-state index in [9.17, 15) is 29.4 Å². The maximum Gasteiger partial charge on any atom is 0.264 e. The fourth-order valence-electron chi connectivity index (χ4n) is 7.17. The first kappa shape index (κ1) is 30.4. The first-order chi connectivity index (χ1) is 19.9. The van der Waals surface area contributed by atoms with Crippen molar-refractivity contribution in [2.45, 2.75) is 82.1 Å². The lowest BCUT2D eigenvalue weighted by molar-refractivity contribution is -0.150. The number of amides is 3. The van der Waals surface area contributed by atoms with Crippen LogP contribution in [0.25, 0.3) is 0 Å². The van der Waals surface area contributed by atoms with Crippen molar-refractivity contribution < 1.29 is 34.1 Å². The fourth-order valence-corrected chi connectivity index (χ4v) is 9.72. The summed E-state index contributed by atoms with van der Waals surface area (Å²) < 4.78 is 6.79. The highest BCUT2D eigenvalue weighted by molar-refractivity contribution is 6.71. The summed E-state index contributed by atoms with van der Waals surface area (Å²) in [7, 11) is -3.00. The van der Waals surface area contributed by atoms with Crippen LogP contribution < -0.4 is 10.2 Å². The van der Waals surface area contributed by atoms with E-state index in [1.807, 2.05) is 50.3 Å². The molecule has 2 saturated heterocycles. The van der Waals surface area contributed by atoms with Crippen LogP contribution in [0.2, 0.25) is 18.6 Å². The van der Waals surface area contributed by atoms with Gasteiger partial charge in [-0.2, -0.15) is 0 Å². The van der Waals surface area contributed by atoms with Crippen LogP contribution in [0, 0.1) is 5.92 Å². The molecule has 2 aromatic carbocycles. The van der Waals surface area contributed by atoms with E-state index in [-0.39, 0.29) is 30.9 Å². The molecule has 3 aliphatic rings. The third-order valence-corrected chi connectivity index (χ3v) is 11.6. The number of ether oxygens (including phenoxy) is 1. The first-order valence-corrected chi connectivity index (χ1v) is 17.7. The summed E-state index contributed by atoms with van der Waals surface area (Å²) in [5.74, 6) is -1.50. The van der Waals surface area contributed by atoms with E-state index in [1.165, 1.54) is 6.92 Å². The molecule has 3 heterocycles. The summed E-state index contributed by atoms with van der Waals surface area (Å²) in [6, 6.07) is 14.5. The number of nitrogens with zero attached hydrogens (tertiary/aromatic N) is 2. The number of nitrogens with one attached hydrogen (secondary N) is 1. The van der Waals surface area contributed by atoms with Crippen LogP contribution in [0.1, 0.15) is 44.2 Å². The number of aliphatic hydroxyl groups excluding tert-OH is 2. The van der Waals surface area contributed by atoms with Crippen LogP contribution in [0.3, 0.4) is 0 Å². The molecule has 11 heteroatoms. The van der Waals surface area contributed by atoms with Crippen molar-refractivity contribution in [3.05, 3.63) is 59.7 Å². The molecule has 3 aliphatic heterocycles. The molecule has 0 aliphatic carbocycles. The second kappa shape index (κ2) is 11.5. The molecule has 42 heavy (non-hydrogen) atoms. The van der Waals surface area contributed by atoms with Gasteiger partial charge in [0, 0.05) is 29.3 Å². The molecule has 3 amide bonds. The number of carbonyl (C=O) groups is 3. The van der Waals surface area contributed by atoms with Gasteiger partial charge in [-0.3, -0.25) is 14.4 Å². The second-order valence-corrected chi connectivity index (χ2v) is 16.4. The van der Waals surface area contributed by atoms with E-state index < -0.39 is 43.5 Å². The second-order valence-electron chi connectivity index (χ2n) is 12.4. The monoisotopic (exact) mass is 595 g/mol. The number of anilines is 2. The molecule has 5 rings (SSSR count). The zero-order valence-electron chi connectivity index (χ0n) is 24.6. The third kappa shape index (κ3) is 5.28. The molecule has 0 saturated carbocycles. The van der Waals surface area contributed by atoms with Crippen molar-refractivity contribution in [2.75, 3.05) is 23.4 Å². The first-order valence-electron chi connectivity index (χ1n) is 14.7. The van der Waals surface area contributed by atoms with Crippen molar-refractivity contribution in [1.82, 2.24) is 4.90 Å². The highest BCUT2D eigenvalue weighted by atomic mass is 28.4. The molecular weight excluding hydrogens is 554 g/mol. The summed E-state index contributed by atoms with van der Waals surface area (Å²) in [4.78, 5) is 55.3. The Morgan fingerprint density at radius 3 is 2.55 bits per heavy atom. The molecule has 2 fully saturated rings. The largest absolute Gasteiger partial charge is 0.432 e. The number of benzene rings is 2. The number of hydrogen-bond acceptors (Lipinski definition) is 7. The van der Waals surface area contributed by atoms with Gasteiger partial charge in [-0.05, 0) is 56.6 Å². The van der Waals surface area contributed by atoms with Crippen molar-refractivity contribution in [1.29, 1.82) is 0 Å². The van der Waals surface area contributed by atoms with E-state index in [2.05, 4.69) is 5.32 Å². The average Bonchev–Trinajstić information content (AvgIpc) is 3.60. The van der Waals surface area contributed by atoms with Crippen LogP contribution in [0.4, 0.5) is 11.4 Å². The highest BCUT2D eigenvalue weighted by Crippen LogP contribution is 2.60. The molecule has 0 radical (unpaired) electrons. The van der Waals surface area contributed by atoms with Gasteiger partial charge in [0.1, 0.15) is 6.10 Å². The predicted molar refractivity (Wildman–Crippen MR) is 160 cm³/mol. The zero-order chi connectivity index (χ0) is 30.4. The number of hydrogen-bond donors (Lipinski definition) is 4. The molecule has 2 aromatic rings. The Morgan fingerprint density at radius 2 is 1.90 bits per heavy atom. The molecule has 1 spiro atoms. The highest BCUT2D eigenvalue weighted by Gasteiger charge is 2.66. The summed E-state index contributed by atoms with van der Waals surface area (Å²) in [6.07, 6.45) is -0.403. The number of aliphatic hydroxyl groups is 2. The lowest BCUT2D eigenvalue weighted by atomic mass is 9.82. The third-order valence-electron chi connectivity index (χ3n) is 9.10. The van der Waals surface area contributed by atoms with Crippen molar-refractivity contribution in [2.24, 2.45) is 5.92 Å². The Morgan fingerprint density at radius 1 is 1.19 bits per heavy atom. The predicted octanol–water partition coefficient (Wildman–Crippen LogP) is 2.72. The molecular formula is C31H41N3O7Si. The normalized spacial score (nSPS) is 27.9. The molecule has 10 nitrogen and oxygen atoms in total. The van der Waals surface area contributed by atoms with Gasteiger partial charge in [0.25, 0.3) is 11.8 Å². The van der Waals surface area contributed by atoms with E-state index in [0.717, 1.165) is 18.4 Å². The van der Waals surface area contributed by atoms with Gasteiger partial charge in [-0.15, -0.1) is 0 Å². The minimum atomic E-state index is -3.00. The molecule has 0 unspecified atom stereocenters. The summed E-state index contributed by atoms with van der Waals surface area (Å²) in [5, 5.41) is 22.3. The summed E-state index contributed by atoms with van der Waals surface area (Å²) in [5.41, 5.74) is 0.597. The number of fused-ring (bicyclic) bond motifs is 2. The topological polar surface area (TPSA) is 140 Å². The molecule has 0 aromatic heterocycles. The molecule has 0 bridgehead atoms. The van der Waals surface area contributed by atoms with Crippen LogP contribution in [-0.4, -0.2) is 77.3 Å². The summed E-state index contributed by atoms with van der Waals surface area (Å²) in [6.45, 7) is 7.64. The Balaban J connectivity index is 1.57. The maximum atomic E-state index is 14.6. The lowest BCUT2D eigenvalue weighted by Crippen LogP contribution is -2.46. The smallest absolute Gasteiger partial charge is 0.264 e. The number of carbonyl (C=O) groups excluding carboxylic acids is 3. The van der Waals surface area contributed by atoms with Crippen LogP contribution in [-0.2, 0) is 31.3 Å². The van der Waals surface area contributed by atoms with Gasteiger partial charge in [0.2, 0.25) is 5.91 Å². The lowest BCUT2D eigenvalue weighted by Gasteiger charge is -2.33. The van der Waals surface area contributed by atoms with Gasteiger partial charge in [-0.25, -0.2) is 0 Å².